The lowest BCUT2D eigenvalue weighted by Gasteiger charge is -2.06. The molecule has 3 rings (SSSR count). The molecule has 2 aromatic heterocycles. The maximum Gasteiger partial charge on any atom is 0.134 e. The Kier molecular flexibility index (Phi) is 6.09. The highest BCUT2D eigenvalue weighted by Gasteiger charge is 2.09. The molecule has 0 saturated heterocycles. The molecule has 130 valence electrons. The van der Waals surface area contributed by atoms with Gasteiger partial charge in [-0.25, -0.2) is 4.98 Å². The number of benzene rings is 1. The normalized spacial score (nSPS) is 11.2. The van der Waals surface area contributed by atoms with Crippen molar-refractivity contribution < 1.29 is 9.47 Å². The Morgan fingerprint density at radius 2 is 2.08 bits per heavy atom. The van der Waals surface area contributed by atoms with Crippen molar-refractivity contribution in [1.82, 2.24) is 9.97 Å². The van der Waals surface area contributed by atoms with E-state index in [1.165, 1.54) is 11.3 Å². The van der Waals surface area contributed by atoms with Crippen molar-refractivity contribution in [2.75, 3.05) is 20.3 Å². The fraction of sp³-hybridized carbons (Fsp3) is 0.150. The largest absolute Gasteiger partial charge is 0.491 e. The van der Waals surface area contributed by atoms with E-state index in [4.69, 9.17) is 9.47 Å². The predicted octanol–water partition coefficient (Wildman–Crippen LogP) is 4.29. The van der Waals surface area contributed by atoms with Gasteiger partial charge in [0.25, 0.3) is 0 Å². The lowest BCUT2D eigenvalue weighted by atomic mass is 10.1. The summed E-state index contributed by atoms with van der Waals surface area (Å²) in [5, 5.41) is 12.2. The Labute approximate surface area is 156 Å². The second kappa shape index (κ2) is 8.90. The second-order valence-electron chi connectivity index (χ2n) is 5.36. The molecule has 0 N–H and O–H groups in total. The van der Waals surface area contributed by atoms with Gasteiger partial charge >= 0.3 is 0 Å². The van der Waals surface area contributed by atoms with Crippen LogP contribution in [0.4, 0.5) is 0 Å². The number of rotatable bonds is 7. The lowest BCUT2D eigenvalue weighted by Crippen LogP contribution is -2.04. The molecule has 6 heteroatoms. The van der Waals surface area contributed by atoms with Crippen LogP contribution in [0.2, 0.25) is 0 Å². The van der Waals surface area contributed by atoms with Crippen LogP contribution >= 0.6 is 11.3 Å². The average Bonchev–Trinajstić information content (AvgIpc) is 3.17. The first kappa shape index (κ1) is 17.8. The minimum absolute atomic E-state index is 0.483. The van der Waals surface area contributed by atoms with Gasteiger partial charge in [-0.3, -0.25) is 4.98 Å². The van der Waals surface area contributed by atoms with Crippen LogP contribution < -0.4 is 4.74 Å². The number of ether oxygens (including phenoxy) is 2. The summed E-state index contributed by atoms with van der Waals surface area (Å²) in [5.41, 5.74) is 3.22. The second-order valence-corrected chi connectivity index (χ2v) is 6.22. The van der Waals surface area contributed by atoms with E-state index >= 15 is 0 Å². The zero-order valence-electron chi connectivity index (χ0n) is 14.3. The number of aromatic nitrogens is 2. The third-order valence-corrected chi connectivity index (χ3v) is 4.43. The van der Waals surface area contributed by atoms with Gasteiger partial charge in [0, 0.05) is 30.4 Å². The quantitative estimate of drug-likeness (QED) is 0.462. The maximum absolute atomic E-state index is 9.55. The van der Waals surface area contributed by atoms with Crippen LogP contribution in [-0.2, 0) is 4.74 Å². The molecule has 0 spiro atoms. The van der Waals surface area contributed by atoms with Crippen LogP contribution in [0.15, 0.2) is 54.2 Å². The number of nitriles is 1. The molecule has 3 aromatic rings. The Balaban J connectivity index is 1.82. The van der Waals surface area contributed by atoms with E-state index in [2.05, 4.69) is 16.0 Å². The van der Waals surface area contributed by atoms with Crippen LogP contribution in [0.5, 0.6) is 5.75 Å². The molecule has 0 saturated carbocycles. The Bertz CT molecular complexity index is 929. The highest BCUT2D eigenvalue weighted by molar-refractivity contribution is 7.11. The molecule has 1 aromatic carbocycles. The zero-order valence-corrected chi connectivity index (χ0v) is 15.1. The van der Waals surface area contributed by atoms with E-state index in [9.17, 15) is 5.26 Å². The minimum Gasteiger partial charge on any atom is -0.491 e. The monoisotopic (exact) mass is 363 g/mol. The van der Waals surface area contributed by atoms with Gasteiger partial charge in [0.05, 0.1) is 17.9 Å². The van der Waals surface area contributed by atoms with Crippen molar-refractivity contribution in [3.05, 3.63) is 64.7 Å². The van der Waals surface area contributed by atoms with Crippen molar-refractivity contribution in [1.29, 1.82) is 5.26 Å². The summed E-state index contributed by atoms with van der Waals surface area (Å²) < 4.78 is 10.6. The molecule has 5 nitrogen and oxygen atoms in total. The SMILES string of the molecule is COCCOc1cccc(/C=C(/C#N)c2nc(-c3ccncc3)cs2)c1. The van der Waals surface area contributed by atoms with E-state index in [0.717, 1.165) is 22.6 Å². The van der Waals surface area contributed by atoms with Gasteiger partial charge in [-0.15, -0.1) is 11.3 Å². The molecule has 0 atom stereocenters. The van der Waals surface area contributed by atoms with Gasteiger partial charge in [0.1, 0.15) is 23.4 Å². The van der Waals surface area contributed by atoms with E-state index in [-0.39, 0.29) is 0 Å². The van der Waals surface area contributed by atoms with Gasteiger partial charge in [-0.05, 0) is 35.9 Å². The molecule has 0 aliphatic carbocycles. The minimum atomic E-state index is 0.483. The first-order valence-corrected chi connectivity index (χ1v) is 8.88. The van der Waals surface area contributed by atoms with Gasteiger partial charge in [0.15, 0.2) is 0 Å². The van der Waals surface area contributed by atoms with Crippen LogP contribution in [0, 0.1) is 11.3 Å². The maximum atomic E-state index is 9.55. The third-order valence-electron chi connectivity index (χ3n) is 3.56. The Morgan fingerprint density at radius 3 is 2.85 bits per heavy atom. The number of allylic oxidation sites excluding steroid dienone is 1. The van der Waals surface area contributed by atoms with E-state index in [0.29, 0.717) is 23.8 Å². The van der Waals surface area contributed by atoms with E-state index < -0.39 is 0 Å². The molecule has 0 aliphatic rings. The van der Waals surface area contributed by atoms with E-state index in [1.807, 2.05) is 47.9 Å². The van der Waals surface area contributed by atoms with Crippen molar-refractivity contribution in [3.63, 3.8) is 0 Å². The fourth-order valence-electron chi connectivity index (χ4n) is 2.30. The number of thiazole rings is 1. The van der Waals surface area contributed by atoms with Crippen LogP contribution in [0.1, 0.15) is 10.6 Å². The summed E-state index contributed by atoms with van der Waals surface area (Å²) in [5.74, 6) is 0.740. The Morgan fingerprint density at radius 1 is 1.23 bits per heavy atom. The van der Waals surface area contributed by atoms with Crippen LogP contribution in [0.3, 0.4) is 0 Å². The highest BCUT2D eigenvalue weighted by atomic mass is 32.1. The first-order valence-electron chi connectivity index (χ1n) is 8.00. The van der Waals surface area contributed by atoms with Crippen LogP contribution in [0.25, 0.3) is 22.9 Å². The number of hydrogen-bond donors (Lipinski definition) is 0. The topological polar surface area (TPSA) is 68.0 Å². The van der Waals surface area contributed by atoms with Gasteiger partial charge in [0.2, 0.25) is 0 Å². The smallest absolute Gasteiger partial charge is 0.134 e. The Hall–Kier alpha value is -3.01. The van der Waals surface area contributed by atoms with E-state index in [1.54, 1.807) is 19.5 Å². The van der Waals surface area contributed by atoms with Gasteiger partial charge in [-0.1, -0.05) is 12.1 Å². The third kappa shape index (κ3) is 4.54. The zero-order chi connectivity index (χ0) is 18.2. The van der Waals surface area contributed by atoms with Crippen molar-refractivity contribution in [3.8, 4) is 23.1 Å². The summed E-state index contributed by atoms with van der Waals surface area (Å²) in [7, 11) is 1.63. The summed E-state index contributed by atoms with van der Waals surface area (Å²) >= 11 is 1.45. The molecular formula is C20H17N3O2S. The molecular weight excluding hydrogens is 346 g/mol. The summed E-state index contributed by atoms with van der Waals surface area (Å²) in [6, 6.07) is 13.6. The molecule has 0 aliphatic heterocycles. The van der Waals surface area contributed by atoms with Gasteiger partial charge < -0.3 is 9.47 Å². The molecule has 2 heterocycles. The average molecular weight is 363 g/mol. The number of nitrogens with zero attached hydrogens (tertiary/aromatic N) is 3. The molecule has 0 fully saturated rings. The van der Waals surface area contributed by atoms with Crippen molar-refractivity contribution >= 4 is 23.0 Å². The number of hydrogen-bond acceptors (Lipinski definition) is 6. The number of methoxy groups -OCH3 is 1. The van der Waals surface area contributed by atoms with Crippen LogP contribution in [-0.4, -0.2) is 30.3 Å². The molecule has 26 heavy (non-hydrogen) atoms. The number of pyridine rings is 1. The lowest BCUT2D eigenvalue weighted by molar-refractivity contribution is 0.146. The summed E-state index contributed by atoms with van der Waals surface area (Å²) in [6.07, 6.45) is 5.27. The predicted molar refractivity (Wildman–Crippen MR) is 103 cm³/mol. The fourth-order valence-corrected chi connectivity index (χ4v) is 3.09. The molecule has 0 bridgehead atoms. The molecule has 0 unspecified atom stereocenters. The molecule has 0 amide bonds. The van der Waals surface area contributed by atoms with Crippen molar-refractivity contribution in [2.45, 2.75) is 0 Å². The highest BCUT2D eigenvalue weighted by Crippen LogP contribution is 2.27. The summed E-state index contributed by atoms with van der Waals surface area (Å²) in [4.78, 5) is 8.59. The molecule has 0 radical (unpaired) electrons. The van der Waals surface area contributed by atoms with Crippen molar-refractivity contribution in [2.24, 2.45) is 0 Å². The first-order chi connectivity index (χ1) is 12.8. The summed E-state index contributed by atoms with van der Waals surface area (Å²) in [6.45, 7) is 1.01. The van der Waals surface area contributed by atoms with Gasteiger partial charge in [-0.2, -0.15) is 5.26 Å². The standard InChI is InChI=1S/C20H17N3O2S/c1-24-9-10-25-18-4-2-3-15(12-18)11-17(13-21)20-23-19(14-26-20)16-5-7-22-8-6-16/h2-8,11-12,14H,9-10H2,1H3/b17-11-.